The summed E-state index contributed by atoms with van der Waals surface area (Å²) < 4.78 is 26.2. The van der Waals surface area contributed by atoms with Crippen LogP contribution in [0.1, 0.15) is 21.5 Å². The number of aliphatic hydroxyl groups is 1. The minimum Gasteiger partial charge on any atom is -0.478 e. The monoisotopic (exact) mass is 299 g/mol. The van der Waals surface area contributed by atoms with Crippen molar-refractivity contribution >= 4 is 16.0 Å². The van der Waals surface area contributed by atoms with Gasteiger partial charge in [-0.05, 0) is 37.1 Å². The molecule has 0 saturated carbocycles. The average molecular weight is 299 g/mol. The fraction of sp³-hybridized carbons (Fsp3) is 0.462. The van der Waals surface area contributed by atoms with Gasteiger partial charge in [0.15, 0.2) is 0 Å². The molecule has 0 spiro atoms. The van der Waals surface area contributed by atoms with Crippen molar-refractivity contribution in [1.82, 2.24) is 4.31 Å². The van der Waals surface area contributed by atoms with Gasteiger partial charge >= 0.3 is 5.97 Å². The highest BCUT2D eigenvalue weighted by atomic mass is 32.2. The van der Waals surface area contributed by atoms with E-state index in [1.807, 2.05) is 0 Å². The van der Waals surface area contributed by atoms with E-state index < -0.39 is 16.0 Å². The van der Waals surface area contributed by atoms with E-state index in [9.17, 15) is 13.2 Å². The Labute approximate surface area is 117 Å². The lowest BCUT2D eigenvalue weighted by Crippen LogP contribution is -2.51. The zero-order valence-corrected chi connectivity index (χ0v) is 12.1. The number of hydrogen-bond donors (Lipinski definition) is 2. The molecule has 0 amide bonds. The molecule has 1 aliphatic heterocycles. The molecule has 0 atom stereocenters. The lowest BCUT2D eigenvalue weighted by molar-refractivity contribution is 0.0696. The van der Waals surface area contributed by atoms with Crippen LogP contribution < -0.4 is 0 Å². The topological polar surface area (TPSA) is 94.9 Å². The van der Waals surface area contributed by atoms with Crippen LogP contribution in [0.15, 0.2) is 17.0 Å². The SMILES string of the molecule is Cc1cc(C(=O)O)cc(S(=O)(=O)N2CC(CO)C2)c1C. The summed E-state index contributed by atoms with van der Waals surface area (Å²) in [6, 6.07) is 2.66. The summed E-state index contributed by atoms with van der Waals surface area (Å²) in [7, 11) is -3.70. The van der Waals surface area contributed by atoms with Gasteiger partial charge in [0.25, 0.3) is 0 Å². The van der Waals surface area contributed by atoms with Gasteiger partial charge in [0.1, 0.15) is 0 Å². The number of aryl methyl sites for hydroxylation is 1. The normalized spacial score (nSPS) is 16.9. The van der Waals surface area contributed by atoms with E-state index >= 15 is 0 Å². The predicted molar refractivity (Wildman–Crippen MR) is 72.2 cm³/mol. The van der Waals surface area contributed by atoms with E-state index in [4.69, 9.17) is 10.2 Å². The Hall–Kier alpha value is -1.44. The van der Waals surface area contributed by atoms with E-state index in [1.165, 1.54) is 16.4 Å². The second kappa shape index (κ2) is 5.16. The van der Waals surface area contributed by atoms with Gasteiger partial charge < -0.3 is 10.2 Å². The highest BCUT2D eigenvalue weighted by Crippen LogP contribution is 2.29. The molecule has 2 rings (SSSR count). The summed E-state index contributed by atoms with van der Waals surface area (Å²) in [5, 5.41) is 18.0. The molecular formula is C13H17NO5S. The lowest BCUT2D eigenvalue weighted by Gasteiger charge is -2.37. The molecule has 1 aromatic carbocycles. The second-order valence-electron chi connectivity index (χ2n) is 5.09. The molecule has 110 valence electrons. The molecule has 2 N–H and O–H groups in total. The number of aliphatic hydroxyl groups excluding tert-OH is 1. The largest absolute Gasteiger partial charge is 0.478 e. The number of benzene rings is 1. The molecule has 0 bridgehead atoms. The first-order valence-electron chi connectivity index (χ1n) is 6.23. The van der Waals surface area contributed by atoms with Crippen LogP contribution in [-0.2, 0) is 10.0 Å². The summed E-state index contributed by atoms with van der Waals surface area (Å²) in [5.41, 5.74) is 1.15. The maximum Gasteiger partial charge on any atom is 0.335 e. The molecule has 1 saturated heterocycles. The number of nitrogens with zero attached hydrogens (tertiary/aromatic N) is 1. The zero-order valence-electron chi connectivity index (χ0n) is 11.3. The van der Waals surface area contributed by atoms with Crippen LogP contribution in [0.2, 0.25) is 0 Å². The van der Waals surface area contributed by atoms with E-state index in [0.29, 0.717) is 11.1 Å². The Bertz CT molecular complexity index is 647. The third-order valence-electron chi connectivity index (χ3n) is 3.67. The third kappa shape index (κ3) is 2.44. The van der Waals surface area contributed by atoms with E-state index in [0.717, 1.165) is 0 Å². The summed E-state index contributed by atoms with van der Waals surface area (Å²) in [4.78, 5) is 11.1. The van der Waals surface area contributed by atoms with Crippen molar-refractivity contribution in [2.24, 2.45) is 5.92 Å². The molecule has 0 aromatic heterocycles. The number of sulfonamides is 1. The van der Waals surface area contributed by atoms with Gasteiger partial charge in [0.05, 0.1) is 10.5 Å². The number of carboxylic acid groups (broad SMARTS) is 1. The van der Waals surface area contributed by atoms with Crippen molar-refractivity contribution in [1.29, 1.82) is 0 Å². The minimum absolute atomic E-state index is 0.0335. The van der Waals surface area contributed by atoms with Crippen LogP contribution in [0, 0.1) is 19.8 Å². The third-order valence-corrected chi connectivity index (χ3v) is 5.62. The van der Waals surface area contributed by atoms with Crippen molar-refractivity contribution in [3.8, 4) is 0 Å². The molecule has 1 heterocycles. The van der Waals surface area contributed by atoms with Crippen LogP contribution in [-0.4, -0.2) is 48.6 Å². The molecule has 1 fully saturated rings. The van der Waals surface area contributed by atoms with Gasteiger partial charge in [0.2, 0.25) is 10.0 Å². The van der Waals surface area contributed by atoms with Crippen molar-refractivity contribution in [3.63, 3.8) is 0 Å². The quantitative estimate of drug-likeness (QED) is 0.849. The molecular weight excluding hydrogens is 282 g/mol. The first kappa shape index (κ1) is 15.0. The van der Waals surface area contributed by atoms with Crippen LogP contribution in [0.5, 0.6) is 0 Å². The summed E-state index contributed by atoms with van der Waals surface area (Å²) in [5.74, 6) is -1.18. The molecule has 0 unspecified atom stereocenters. The van der Waals surface area contributed by atoms with Gasteiger partial charge in [-0.15, -0.1) is 0 Å². The first-order chi connectivity index (χ1) is 9.27. The van der Waals surface area contributed by atoms with Gasteiger partial charge in [-0.25, -0.2) is 13.2 Å². The molecule has 20 heavy (non-hydrogen) atoms. The van der Waals surface area contributed by atoms with Crippen LogP contribution in [0.25, 0.3) is 0 Å². The van der Waals surface area contributed by atoms with Gasteiger partial charge in [0, 0.05) is 25.6 Å². The molecule has 0 radical (unpaired) electrons. The summed E-state index contributed by atoms with van der Waals surface area (Å²) >= 11 is 0. The van der Waals surface area contributed by atoms with Crippen LogP contribution >= 0.6 is 0 Å². The standard InChI is InChI=1S/C13H17NO5S/c1-8-3-11(13(16)17)4-12(9(8)2)20(18,19)14-5-10(6-14)7-15/h3-4,10,15H,5-7H2,1-2H3,(H,16,17). The molecule has 7 heteroatoms. The van der Waals surface area contributed by atoms with E-state index in [-0.39, 0.29) is 36.1 Å². The minimum atomic E-state index is -3.70. The fourth-order valence-corrected chi connectivity index (χ4v) is 4.11. The predicted octanol–water partition coefficient (Wildman–Crippen LogP) is 0.614. The van der Waals surface area contributed by atoms with Gasteiger partial charge in [-0.1, -0.05) is 0 Å². The molecule has 0 aliphatic carbocycles. The van der Waals surface area contributed by atoms with Gasteiger partial charge in [-0.2, -0.15) is 4.31 Å². The Morgan fingerprint density at radius 1 is 1.35 bits per heavy atom. The van der Waals surface area contributed by atoms with Gasteiger partial charge in [-0.3, -0.25) is 0 Å². The molecule has 1 aliphatic rings. The van der Waals surface area contributed by atoms with Crippen molar-refractivity contribution in [2.45, 2.75) is 18.7 Å². The average Bonchev–Trinajstić information content (AvgIpc) is 2.30. The second-order valence-corrected chi connectivity index (χ2v) is 7.00. The number of carboxylic acids is 1. The number of hydrogen-bond acceptors (Lipinski definition) is 4. The Morgan fingerprint density at radius 3 is 2.45 bits per heavy atom. The zero-order chi connectivity index (χ0) is 15.1. The van der Waals surface area contributed by atoms with E-state index in [1.54, 1.807) is 13.8 Å². The molecule has 6 nitrogen and oxygen atoms in total. The van der Waals surface area contributed by atoms with E-state index in [2.05, 4.69) is 0 Å². The van der Waals surface area contributed by atoms with Crippen molar-refractivity contribution in [3.05, 3.63) is 28.8 Å². The van der Waals surface area contributed by atoms with Crippen molar-refractivity contribution in [2.75, 3.05) is 19.7 Å². The lowest BCUT2D eigenvalue weighted by atomic mass is 10.1. The summed E-state index contributed by atoms with van der Waals surface area (Å²) in [6.07, 6.45) is 0. The van der Waals surface area contributed by atoms with Crippen LogP contribution in [0.4, 0.5) is 0 Å². The Morgan fingerprint density at radius 2 is 1.95 bits per heavy atom. The highest BCUT2D eigenvalue weighted by Gasteiger charge is 2.37. The maximum absolute atomic E-state index is 12.5. The summed E-state index contributed by atoms with van der Waals surface area (Å²) in [6.45, 7) is 3.85. The maximum atomic E-state index is 12.5. The first-order valence-corrected chi connectivity index (χ1v) is 7.67. The van der Waals surface area contributed by atoms with Crippen LogP contribution in [0.3, 0.4) is 0 Å². The fourth-order valence-electron chi connectivity index (χ4n) is 2.19. The van der Waals surface area contributed by atoms with Crippen molar-refractivity contribution < 1.29 is 23.4 Å². The number of carbonyl (C=O) groups is 1. The number of aromatic carboxylic acids is 1. The smallest absolute Gasteiger partial charge is 0.335 e. The Kier molecular flexibility index (Phi) is 3.86. The highest BCUT2D eigenvalue weighted by molar-refractivity contribution is 7.89. The number of rotatable bonds is 4. The molecule has 1 aromatic rings. The Balaban J connectivity index is 2.44.